The lowest BCUT2D eigenvalue weighted by molar-refractivity contribution is -0.117. The van der Waals surface area contributed by atoms with E-state index >= 15 is 0 Å². The number of nitrogens with one attached hydrogen (secondary N) is 2. The average molecular weight is 424 g/mol. The number of ether oxygens (including phenoxy) is 1. The van der Waals surface area contributed by atoms with Crippen molar-refractivity contribution < 1.29 is 22.7 Å². The second-order valence-electron chi connectivity index (χ2n) is 6.47. The lowest BCUT2D eigenvalue weighted by Crippen LogP contribution is -2.45. The van der Waals surface area contributed by atoms with E-state index in [0.717, 1.165) is 11.6 Å². The second kappa shape index (κ2) is 11.1. The van der Waals surface area contributed by atoms with Crippen LogP contribution in [0.25, 0.3) is 0 Å². The van der Waals surface area contributed by atoms with Crippen molar-refractivity contribution in [2.75, 3.05) is 6.54 Å². The maximum absolute atomic E-state index is 13.1. The number of allylic oxidation sites excluding steroid dienone is 5. The number of carbonyl (C=O) groups is 1. The normalized spacial score (nSPS) is 17.3. The van der Waals surface area contributed by atoms with Gasteiger partial charge in [0, 0.05) is 6.54 Å². The summed E-state index contributed by atoms with van der Waals surface area (Å²) in [6.07, 6.45) is 3.94. The molecule has 1 rings (SSSR count). The van der Waals surface area contributed by atoms with Gasteiger partial charge in [0.15, 0.2) is 0 Å². The molecule has 0 aromatic rings. The molecule has 164 valence electrons. The van der Waals surface area contributed by atoms with E-state index in [-0.39, 0.29) is 18.0 Å². The van der Waals surface area contributed by atoms with Crippen molar-refractivity contribution in [3.05, 3.63) is 71.5 Å². The van der Waals surface area contributed by atoms with E-state index in [1.807, 2.05) is 0 Å². The van der Waals surface area contributed by atoms with Crippen molar-refractivity contribution in [3.8, 4) is 0 Å². The first-order valence-electron chi connectivity index (χ1n) is 9.16. The molecular weight excluding hydrogens is 397 g/mol. The number of carbonyl (C=O) groups excluding carboxylic acids is 1. The Bertz CT molecular complexity index is 843. The standard InChI is InChI=1S/C21H27F3N4O2/c1-6-11-30-17(7-2)18(13(3)4)28-19(25)14(5)20(29)27-12-16-15(21(22,23)24)9-8-10-26-16/h6-11,16,26H,5,12H2,1-4H3,(H2,25,28)(H,27,29)/b11-6-,17-7-. The summed E-state index contributed by atoms with van der Waals surface area (Å²) in [5.41, 5.74) is 6.16. The Balaban J connectivity index is 2.91. The van der Waals surface area contributed by atoms with E-state index in [1.165, 1.54) is 18.5 Å². The Labute approximate surface area is 174 Å². The molecule has 0 bridgehead atoms. The van der Waals surface area contributed by atoms with Gasteiger partial charge in [-0.1, -0.05) is 18.7 Å². The van der Waals surface area contributed by atoms with E-state index in [2.05, 4.69) is 22.2 Å². The Morgan fingerprint density at radius 1 is 1.40 bits per heavy atom. The molecule has 1 amide bonds. The van der Waals surface area contributed by atoms with Crippen molar-refractivity contribution in [3.63, 3.8) is 0 Å². The fraction of sp³-hybridized carbons (Fsp3) is 0.333. The highest BCUT2D eigenvalue weighted by molar-refractivity contribution is 6.19. The minimum Gasteiger partial charge on any atom is -0.463 e. The lowest BCUT2D eigenvalue weighted by atomic mass is 10.0. The third-order valence-electron chi connectivity index (χ3n) is 3.95. The van der Waals surface area contributed by atoms with Crippen LogP contribution in [0.4, 0.5) is 13.2 Å². The van der Waals surface area contributed by atoms with Gasteiger partial charge in [0.05, 0.1) is 23.5 Å². The van der Waals surface area contributed by atoms with Crippen LogP contribution < -0.4 is 16.4 Å². The maximum Gasteiger partial charge on any atom is 0.414 e. The first-order valence-corrected chi connectivity index (χ1v) is 9.16. The van der Waals surface area contributed by atoms with Crippen molar-refractivity contribution in [2.45, 2.75) is 39.9 Å². The van der Waals surface area contributed by atoms with Crippen molar-refractivity contribution >= 4 is 11.7 Å². The molecule has 4 N–H and O–H groups in total. The highest BCUT2D eigenvalue weighted by Gasteiger charge is 2.39. The minimum atomic E-state index is -4.52. The molecule has 6 nitrogen and oxygen atoms in total. The number of halogens is 3. The zero-order chi connectivity index (χ0) is 22.9. The minimum absolute atomic E-state index is 0.167. The summed E-state index contributed by atoms with van der Waals surface area (Å²) in [5.74, 6) is -0.462. The molecule has 9 heteroatoms. The Morgan fingerprint density at radius 2 is 2.07 bits per heavy atom. The van der Waals surface area contributed by atoms with E-state index in [4.69, 9.17) is 10.5 Å². The zero-order valence-electron chi connectivity index (χ0n) is 17.4. The fourth-order valence-corrected chi connectivity index (χ4v) is 2.41. The largest absolute Gasteiger partial charge is 0.463 e. The molecule has 0 aromatic heterocycles. The Morgan fingerprint density at radius 3 is 2.60 bits per heavy atom. The number of dihydropyridines is 1. The van der Waals surface area contributed by atoms with Gasteiger partial charge in [-0.3, -0.25) is 4.79 Å². The monoisotopic (exact) mass is 424 g/mol. The summed E-state index contributed by atoms with van der Waals surface area (Å²) in [6, 6.07) is -1.12. The molecule has 0 saturated heterocycles. The second-order valence-corrected chi connectivity index (χ2v) is 6.47. The maximum atomic E-state index is 13.1. The SMILES string of the molecule is C=C(C(=O)NCC1NC=CC=C1C(F)(F)F)C(N)=NC(=C(C)C)/C(=C/C)O/C=C\C. The number of amides is 1. The predicted octanol–water partition coefficient (Wildman–Crippen LogP) is 3.74. The first-order chi connectivity index (χ1) is 14.0. The molecular formula is C21H27F3N4O2. The van der Waals surface area contributed by atoms with Gasteiger partial charge in [0.25, 0.3) is 5.91 Å². The summed E-state index contributed by atoms with van der Waals surface area (Å²) in [7, 11) is 0. The van der Waals surface area contributed by atoms with Gasteiger partial charge < -0.3 is 21.1 Å². The topological polar surface area (TPSA) is 88.7 Å². The van der Waals surface area contributed by atoms with Crippen LogP contribution in [0.1, 0.15) is 27.7 Å². The highest BCUT2D eigenvalue weighted by atomic mass is 19.4. The number of nitrogens with two attached hydrogens (primary N) is 1. The summed E-state index contributed by atoms with van der Waals surface area (Å²) < 4.78 is 44.7. The smallest absolute Gasteiger partial charge is 0.414 e. The third kappa shape index (κ3) is 6.98. The first kappa shape index (κ1) is 24.8. The third-order valence-corrected chi connectivity index (χ3v) is 3.95. The van der Waals surface area contributed by atoms with Crippen LogP contribution in [-0.4, -0.2) is 30.5 Å². The van der Waals surface area contributed by atoms with Gasteiger partial charge >= 0.3 is 6.18 Å². The molecule has 30 heavy (non-hydrogen) atoms. The van der Waals surface area contributed by atoms with E-state index < -0.39 is 23.7 Å². The Hall–Kier alpha value is -3.23. The zero-order valence-corrected chi connectivity index (χ0v) is 17.4. The van der Waals surface area contributed by atoms with Crippen LogP contribution >= 0.6 is 0 Å². The van der Waals surface area contributed by atoms with Crippen LogP contribution in [0.5, 0.6) is 0 Å². The molecule has 0 spiro atoms. The Kier molecular flexibility index (Phi) is 9.16. The van der Waals surface area contributed by atoms with Crippen LogP contribution in [-0.2, 0) is 9.53 Å². The lowest BCUT2D eigenvalue weighted by Gasteiger charge is -2.25. The van der Waals surface area contributed by atoms with Crippen molar-refractivity contribution in [1.82, 2.24) is 10.6 Å². The number of alkyl halides is 3. The summed E-state index contributed by atoms with van der Waals surface area (Å²) in [5, 5.41) is 4.98. The van der Waals surface area contributed by atoms with Crippen LogP contribution in [0.2, 0.25) is 0 Å². The molecule has 0 radical (unpaired) electrons. The van der Waals surface area contributed by atoms with E-state index in [9.17, 15) is 18.0 Å². The summed E-state index contributed by atoms with van der Waals surface area (Å²) in [6.45, 7) is 10.4. The van der Waals surface area contributed by atoms with Crippen LogP contribution in [0.15, 0.2) is 76.5 Å². The van der Waals surface area contributed by atoms with Crippen molar-refractivity contribution in [1.29, 1.82) is 0 Å². The average Bonchev–Trinajstić information content (AvgIpc) is 2.70. The molecule has 1 heterocycles. The number of rotatable bonds is 8. The highest BCUT2D eigenvalue weighted by Crippen LogP contribution is 2.29. The van der Waals surface area contributed by atoms with E-state index in [1.54, 1.807) is 39.8 Å². The van der Waals surface area contributed by atoms with Gasteiger partial charge in [-0.15, -0.1) is 0 Å². The fourth-order valence-electron chi connectivity index (χ4n) is 2.41. The van der Waals surface area contributed by atoms with Crippen LogP contribution in [0.3, 0.4) is 0 Å². The van der Waals surface area contributed by atoms with Gasteiger partial charge in [-0.05, 0) is 51.6 Å². The number of aliphatic imine (C=N–C) groups is 1. The van der Waals surface area contributed by atoms with Gasteiger partial charge in [-0.25, -0.2) is 4.99 Å². The molecule has 1 aliphatic heterocycles. The quantitative estimate of drug-likeness (QED) is 0.182. The molecule has 0 aromatic carbocycles. The molecule has 1 aliphatic rings. The van der Waals surface area contributed by atoms with Crippen LogP contribution in [0, 0.1) is 0 Å². The number of hydrogen-bond acceptors (Lipinski definition) is 4. The number of nitrogens with zero attached hydrogens (tertiary/aromatic N) is 1. The number of amidine groups is 1. The predicted molar refractivity (Wildman–Crippen MR) is 112 cm³/mol. The molecule has 0 aliphatic carbocycles. The molecule has 0 saturated carbocycles. The van der Waals surface area contributed by atoms with Gasteiger partial charge in [-0.2, -0.15) is 13.2 Å². The molecule has 1 unspecified atom stereocenters. The van der Waals surface area contributed by atoms with Gasteiger partial charge in [0.1, 0.15) is 17.3 Å². The van der Waals surface area contributed by atoms with Gasteiger partial charge in [0.2, 0.25) is 0 Å². The van der Waals surface area contributed by atoms with E-state index in [0.29, 0.717) is 11.5 Å². The summed E-state index contributed by atoms with van der Waals surface area (Å²) in [4.78, 5) is 16.6. The van der Waals surface area contributed by atoms with Crippen molar-refractivity contribution in [2.24, 2.45) is 10.7 Å². The molecule has 0 fully saturated rings. The summed E-state index contributed by atoms with van der Waals surface area (Å²) >= 11 is 0. The molecule has 1 atom stereocenters. The number of hydrogen-bond donors (Lipinski definition) is 3.